The maximum Gasteiger partial charge on any atom is 0.472 e. The zero-order chi connectivity index (χ0) is 69.6. The van der Waals surface area contributed by atoms with Crippen molar-refractivity contribution in [2.75, 3.05) is 39.6 Å². The minimum atomic E-state index is -4.96. The summed E-state index contributed by atoms with van der Waals surface area (Å²) in [6, 6.07) is 0. The summed E-state index contributed by atoms with van der Waals surface area (Å²) in [5.41, 5.74) is 0. The van der Waals surface area contributed by atoms with Crippen LogP contribution in [0.3, 0.4) is 0 Å². The van der Waals surface area contributed by atoms with Gasteiger partial charge < -0.3 is 33.8 Å². The molecule has 0 saturated heterocycles. The molecule has 94 heavy (non-hydrogen) atoms. The van der Waals surface area contributed by atoms with Gasteiger partial charge in [0.05, 0.1) is 26.4 Å². The predicted octanol–water partition coefficient (Wildman–Crippen LogP) is 21.7. The fourth-order valence-corrected chi connectivity index (χ4v) is 12.9. The first-order chi connectivity index (χ1) is 45.2. The Morgan fingerprint density at radius 1 is 0.298 bits per heavy atom. The molecule has 0 heterocycles. The van der Waals surface area contributed by atoms with E-state index in [-0.39, 0.29) is 25.7 Å². The zero-order valence-corrected chi connectivity index (χ0v) is 63.4. The first-order valence-electron chi connectivity index (χ1n) is 38.8. The minimum Gasteiger partial charge on any atom is -0.462 e. The molecule has 0 radical (unpaired) electrons. The molecule has 0 rings (SSSR count). The highest BCUT2D eigenvalue weighted by atomic mass is 31.2. The second-order valence-electron chi connectivity index (χ2n) is 28.5. The Balaban J connectivity index is 5.22. The average molecular weight is 1380 g/mol. The quantitative estimate of drug-likeness (QED) is 0.0222. The first-order valence-corrected chi connectivity index (χ1v) is 41.8. The van der Waals surface area contributed by atoms with E-state index in [1.165, 1.54) is 173 Å². The highest BCUT2D eigenvalue weighted by Gasteiger charge is 2.30. The third-order valence-electron chi connectivity index (χ3n) is 18.0. The van der Waals surface area contributed by atoms with Crippen LogP contribution in [-0.4, -0.2) is 96.7 Å². The lowest BCUT2D eigenvalue weighted by molar-refractivity contribution is -0.161. The van der Waals surface area contributed by atoms with E-state index >= 15 is 0 Å². The standard InChI is InChI=1S/C75H146O17P2/c1-9-67(7)53-45-37-28-22-19-20-24-31-41-49-57-74(79)91-70(61-85-72(77)55-47-39-30-23-18-16-14-12-11-13-15-17-21-27-35-43-51-65(3)4)63-89-93(81,82)87-59-69(76)60-88-94(83,84)90-64-71(62-86-73(78)56-48-40-34-33-36-44-52-66(5)6)92-75(80)58-50-42-32-26-25-29-38-46-54-68(8)10-2/h65-71,76H,9-64H2,1-8H3,(H,81,82)(H,83,84)/t67?,68?,69-,70-,71-/m1/s1. The lowest BCUT2D eigenvalue weighted by Crippen LogP contribution is -2.30. The van der Waals surface area contributed by atoms with Crippen LogP contribution in [0, 0.1) is 23.7 Å². The number of carbonyl (C=O) groups excluding carboxylic acids is 4. The van der Waals surface area contributed by atoms with Gasteiger partial charge in [0.2, 0.25) is 0 Å². The molecule has 558 valence electrons. The number of rotatable bonds is 72. The number of ether oxygens (including phenoxy) is 4. The van der Waals surface area contributed by atoms with E-state index in [2.05, 4.69) is 55.4 Å². The van der Waals surface area contributed by atoms with Gasteiger partial charge in [-0.25, -0.2) is 9.13 Å². The molecular formula is C75H146O17P2. The third kappa shape index (κ3) is 66.0. The molecule has 0 aliphatic carbocycles. The van der Waals surface area contributed by atoms with E-state index in [4.69, 9.17) is 37.0 Å². The maximum atomic E-state index is 13.1. The van der Waals surface area contributed by atoms with Gasteiger partial charge in [-0.2, -0.15) is 0 Å². The summed E-state index contributed by atoms with van der Waals surface area (Å²) in [4.78, 5) is 72.7. The van der Waals surface area contributed by atoms with Crippen molar-refractivity contribution in [3.63, 3.8) is 0 Å². The molecule has 0 aromatic rings. The predicted molar refractivity (Wildman–Crippen MR) is 381 cm³/mol. The third-order valence-corrected chi connectivity index (χ3v) is 19.9. The molecule has 0 aliphatic heterocycles. The summed E-state index contributed by atoms with van der Waals surface area (Å²) in [7, 11) is -9.91. The highest BCUT2D eigenvalue weighted by molar-refractivity contribution is 7.47. The number of hydrogen-bond acceptors (Lipinski definition) is 15. The number of aliphatic hydroxyl groups excluding tert-OH is 1. The van der Waals surface area contributed by atoms with Crippen LogP contribution in [0.5, 0.6) is 0 Å². The van der Waals surface area contributed by atoms with Crippen molar-refractivity contribution in [3.05, 3.63) is 0 Å². The summed E-state index contributed by atoms with van der Waals surface area (Å²) in [6.45, 7) is 14.2. The summed E-state index contributed by atoms with van der Waals surface area (Å²) in [5, 5.41) is 10.6. The minimum absolute atomic E-state index is 0.104. The molecule has 0 aromatic heterocycles. The number of phosphoric ester groups is 2. The second-order valence-corrected chi connectivity index (χ2v) is 31.4. The normalized spacial score (nSPS) is 14.7. The summed E-state index contributed by atoms with van der Waals surface area (Å²) in [5.74, 6) is 0.939. The van der Waals surface area contributed by atoms with Crippen molar-refractivity contribution in [3.8, 4) is 0 Å². The van der Waals surface area contributed by atoms with E-state index in [0.29, 0.717) is 31.6 Å². The zero-order valence-electron chi connectivity index (χ0n) is 61.6. The van der Waals surface area contributed by atoms with Gasteiger partial charge >= 0.3 is 39.5 Å². The van der Waals surface area contributed by atoms with Gasteiger partial charge in [0.15, 0.2) is 12.2 Å². The Bertz CT molecular complexity index is 1850. The topological polar surface area (TPSA) is 237 Å². The molecule has 4 unspecified atom stereocenters. The number of hydrogen-bond donors (Lipinski definition) is 3. The molecule has 0 saturated carbocycles. The maximum absolute atomic E-state index is 13.1. The summed E-state index contributed by atoms with van der Waals surface area (Å²) >= 11 is 0. The molecule has 19 heteroatoms. The molecule has 0 aromatic carbocycles. The van der Waals surface area contributed by atoms with Crippen LogP contribution in [0.2, 0.25) is 0 Å². The second kappa shape index (κ2) is 64.4. The van der Waals surface area contributed by atoms with Crippen molar-refractivity contribution >= 4 is 39.5 Å². The fourth-order valence-electron chi connectivity index (χ4n) is 11.3. The molecular weight excluding hydrogens is 1230 g/mol. The summed E-state index contributed by atoms with van der Waals surface area (Å²) in [6.07, 6.45) is 48.7. The van der Waals surface area contributed by atoms with Crippen LogP contribution in [0.15, 0.2) is 0 Å². The van der Waals surface area contributed by atoms with E-state index in [9.17, 15) is 43.2 Å². The van der Waals surface area contributed by atoms with Gasteiger partial charge in [-0.05, 0) is 49.4 Å². The molecule has 0 fully saturated rings. The van der Waals surface area contributed by atoms with Crippen molar-refractivity contribution in [2.24, 2.45) is 23.7 Å². The van der Waals surface area contributed by atoms with Gasteiger partial charge in [0, 0.05) is 25.7 Å². The molecule has 3 N–H and O–H groups in total. The number of aliphatic hydroxyl groups is 1. The van der Waals surface area contributed by atoms with Gasteiger partial charge in [-0.15, -0.1) is 0 Å². The smallest absolute Gasteiger partial charge is 0.462 e. The van der Waals surface area contributed by atoms with Crippen molar-refractivity contribution < 1.29 is 80.2 Å². The molecule has 7 atom stereocenters. The van der Waals surface area contributed by atoms with Crippen LogP contribution in [0.25, 0.3) is 0 Å². The van der Waals surface area contributed by atoms with Crippen LogP contribution >= 0.6 is 15.6 Å². The number of esters is 4. The Morgan fingerprint density at radius 2 is 0.511 bits per heavy atom. The Morgan fingerprint density at radius 3 is 0.755 bits per heavy atom. The van der Waals surface area contributed by atoms with Crippen molar-refractivity contribution in [1.82, 2.24) is 0 Å². The van der Waals surface area contributed by atoms with E-state index in [1.807, 2.05) is 0 Å². The number of carbonyl (C=O) groups is 4. The van der Waals surface area contributed by atoms with Crippen molar-refractivity contribution in [2.45, 2.75) is 395 Å². The fraction of sp³-hybridized carbons (Fsp3) is 0.947. The highest BCUT2D eigenvalue weighted by Crippen LogP contribution is 2.45. The van der Waals surface area contributed by atoms with Crippen LogP contribution in [-0.2, 0) is 65.4 Å². The first kappa shape index (κ1) is 92.1. The molecule has 0 amide bonds. The van der Waals surface area contributed by atoms with Crippen LogP contribution < -0.4 is 0 Å². The van der Waals surface area contributed by atoms with Crippen molar-refractivity contribution in [1.29, 1.82) is 0 Å². The molecule has 0 spiro atoms. The molecule has 0 bridgehead atoms. The van der Waals surface area contributed by atoms with Gasteiger partial charge in [0.1, 0.15) is 19.3 Å². The molecule has 0 aliphatic rings. The Hall–Kier alpha value is -1.94. The van der Waals surface area contributed by atoms with Crippen LogP contribution in [0.4, 0.5) is 0 Å². The van der Waals surface area contributed by atoms with E-state index in [1.54, 1.807) is 0 Å². The Labute approximate surface area is 575 Å². The number of unbranched alkanes of at least 4 members (excludes halogenated alkanes) is 36. The lowest BCUT2D eigenvalue weighted by atomic mass is 9.99. The number of phosphoric acid groups is 2. The van der Waals surface area contributed by atoms with E-state index < -0.39 is 97.5 Å². The van der Waals surface area contributed by atoms with Gasteiger partial charge in [-0.3, -0.25) is 37.3 Å². The SMILES string of the molecule is CCC(C)CCCCCCCCCCCCC(=O)O[C@H](COC(=O)CCCCCCCCCCCCCCCCCCC(C)C)COP(=O)(O)OC[C@@H](O)COP(=O)(O)OC[C@@H](COC(=O)CCCCCCCCC(C)C)OC(=O)CCCCCCCCCCC(C)CC. The summed E-state index contributed by atoms with van der Waals surface area (Å²) < 4.78 is 68.4. The lowest BCUT2D eigenvalue weighted by Gasteiger charge is -2.21. The molecule has 17 nitrogen and oxygen atoms in total. The van der Waals surface area contributed by atoms with Crippen LogP contribution in [0.1, 0.15) is 376 Å². The largest absolute Gasteiger partial charge is 0.472 e. The Kier molecular flexibility index (Phi) is 63.1. The van der Waals surface area contributed by atoms with Gasteiger partial charge in [0.25, 0.3) is 0 Å². The monoisotopic (exact) mass is 1380 g/mol. The van der Waals surface area contributed by atoms with Gasteiger partial charge in [-0.1, -0.05) is 325 Å². The van der Waals surface area contributed by atoms with E-state index in [0.717, 1.165) is 114 Å². The average Bonchev–Trinajstić information content (AvgIpc) is 1.33.